The quantitative estimate of drug-likeness (QED) is 0.619. The summed E-state index contributed by atoms with van der Waals surface area (Å²) in [5.74, 6) is -2.35. The molecule has 1 aromatic rings. The number of aliphatic hydroxyl groups excluding tert-OH is 1. The molecular weight excluding hydrogens is 398 g/mol. The number of nitrogens with zero attached hydrogens (tertiary/aromatic N) is 1. The number of nitrogens with one attached hydrogen (secondary N) is 2. The lowest BCUT2D eigenvalue weighted by atomic mass is 9.66. The Balaban J connectivity index is 1.85. The number of ether oxygens (including phenoxy) is 1. The molecule has 3 aliphatic heterocycles. The Morgan fingerprint density at radius 2 is 1.90 bits per heavy atom. The molecule has 31 heavy (non-hydrogen) atoms. The van der Waals surface area contributed by atoms with E-state index in [2.05, 4.69) is 10.6 Å². The third kappa shape index (κ3) is 3.07. The summed E-state index contributed by atoms with van der Waals surface area (Å²) in [5, 5.41) is 15.9. The SMILES string of the molecule is CNC(=O)[C@H]1[C@H]2C(=O)N([C@H](CO)c3ccccc3)C(C(=O)NC(C)C)C23CC[C@]1(C)O3. The van der Waals surface area contributed by atoms with Gasteiger partial charge >= 0.3 is 0 Å². The second-order valence-electron chi connectivity index (χ2n) is 9.36. The Morgan fingerprint density at radius 1 is 1.23 bits per heavy atom. The lowest BCUT2D eigenvalue weighted by Gasteiger charge is -2.37. The van der Waals surface area contributed by atoms with Crippen LogP contribution in [-0.2, 0) is 19.1 Å². The van der Waals surface area contributed by atoms with E-state index >= 15 is 0 Å². The molecule has 3 amide bonds. The van der Waals surface area contributed by atoms with Gasteiger partial charge in [-0.25, -0.2) is 0 Å². The fourth-order valence-electron chi connectivity index (χ4n) is 5.95. The van der Waals surface area contributed by atoms with Crippen LogP contribution in [0, 0.1) is 11.8 Å². The third-order valence-corrected chi connectivity index (χ3v) is 7.12. The average Bonchev–Trinajstić information content (AvgIpc) is 3.30. The highest BCUT2D eigenvalue weighted by Gasteiger charge is 2.78. The Hall–Kier alpha value is -2.45. The number of benzene rings is 1. The second kappa shape index (κ2) is 7.60. The van der Waals surface area contributed by atoms with Gasteiger partial charge in [-0.3, -0.25) is 14.4 Å². The topological polar surface area (TPSA) is 108 Å². The molecule has 0 aromatic heterocycles. The Kier molecular flexibility index (Phi) is 5.34. The predicted octanol–water partition coefficient (Wildman–Crippen LogP) is 0.755. The van der Waals surface area contributed by atoms with Crippen LogP contribution in [0.2, 0.25) is 0 Å². The molecule has 3 fully saturated rings. The van der Waals surface area contributed by atoms with Crippen LogP contribution in [-0.4, -0.2) is 64.7 Å². The molecule has 6 atom stereocenters. The number of carbonyl (C=O) groups excluding carboxylic acids is 3. The first-order valence-corrected chi connectivity index (χ1v) is 10.9. The van der Waals surface area contributed by atoms with E-state index in [1.807, 2.05) is 51.1 Å². The van der Waals surface area contributed by atoms with Crippen molar-refractivity contribution in [1.82, 2.24) is 15.5 Å². The number of amides is 3. The average molecular weight is 430 g/mol. The number of likely N-dealkylation sites (tertiary alicyclic amines) is 1. The molecule has 2 bridgehead atoms. The smallest absolute Gasteiger partial charge is 0.246 e. The first kappa shape index (κ1) is 21.8. The van der Waals surface area contributed by atoms with Gasteiger partial charge in [-0.1, -0.05) is 30.3 Å². The highest BCUT2D eigenvalue weighted by Crippen LogP contribution is 2.63. The number of rotatable bonds is 6. The number of hydrogen-bond acceptors (Lipinski definition) is 5. The zero-order chi connectivity index (χ0) is 22.6. The zero-order valence-corrected chi connectivity index (χ0v) is 18.4. The molecule has 0 saturated carbocycles. The standard InChI is InChI=1S/C23H31N3O5/c1-13(2)25-20(29)18-23-11-10-22(3,31-23)16(19(28)24-4)17(23)21(30)26(18)15(12-27)14-8-6-5-7-9-14/h5-9,13,15-18,27H,10-12H2,1-4H3,(H,24,28)(H,25,29)/t15-,16-,17+,18?,22+,23?/m1/s1. The van der Waals surface area contributed by atoms with Crippen molar-refractivity contribution in [3.05, 3.63) is 35.9 Å². The van der Waals surface area contributed by atoms with Gasteiger partial charge in [0.25, 0.3) is 0 Å². The van der Waals surface area contributed by atoms with Crippen LogP contribution in [0.25, 0.3) is 0 Å². The van der Waals surface area contributed by atoms with Crippen LogP contribution in [0.15, 0.2) is 30.3 Å². The molecule has 0 aliphatic carbocycles. The molecule has 8 heteroatoms. The first-order chi connectivity index (χ1) is 14.7. The van der Waals surface area contributed by atoms with Gasteiger partial charge in [0.2, 0.25) is 17.7 Å². The highest BCUT2D eigenvalue weighted by molar-refractivity contribution is 5.99. The molecule has 3 N–H and O–H groups in total. The van der Waals surface area contributed by atoms with Crippen molar-refractivity contribution >= 4 is 17.7 Å². The van der Waals surface area contributed by atoms with Gasteiger partial charge in [-0.15, -0.1) is 0 Å². The lowest BCUT2D eigenvalue weighted by molar-refractivity contribution is -0.150. The Labute approximate surface area is 182 Å². The number of carbonyl (C=O) groups is 3. The Bertz CT molecular complexity index is 890. The zero-order valence-electron chi connectivity index (χ0n) is 18.4. The lowest BCUT2D eigenvalue weighted by Crippen LogP contribution is -2.57. The largest absolute Gasteiger partial charge is 0.394 e. The molecule has 4 rings (SSSR count). The van der Waals surface area contributed by atoms with E-state index < -0.39 is 35.1 Å². The maximum atomic E-state index is 13.9. The van der Waals surface area contributed by atoms with Crippen LogP contribution in [0.5, 0.6) is 0 Å². The van der Waals surface area contributed by atoms with Crippen LogP contribution in [0.1, 0.15) is 45.2 Å². The van der Waals surface area contributed by atoms with Crippen molar-refractivity contribution in [1.29, 1.82) is 0 Å². The van der Waals surface area contributed by atoms with Crippen molar-refractivity contribution in [3.63, 3.8) is 0 Å². The van der Waals surface area contributed by atoms with E-state index in [4.69, 9.17) is 4.74 Å². The summed E-state index contributed by atoms with van der Waals surface area (Å²) in [6, 6.07) is 7.40. The van der Waals surface area contributed by atoms with Crippen molar-refractivity contribution in [2.24, 2.45) is 11.8 Å². The fraction of sp³-hybridized carbons (Fsp3) is 0.609. The first-order valence-electron chi connectivity index (χ1n) is 10.9. The predicted molar refractivity (Wildman–Crippen MR) is 113 cm³/mol. The van der Waals surface area contributed by atoms with Crippen LogP contribution in [0.4, 0.5) is 0 Å². The molecule has 1 spiro atoms. The van der Waals surface area contributed by atoms with Gasteiger partial charge < -0.3 is 25.4 Å². The van der Waals surface area contributed by atoms with Crippen molar-refractivity contribution in [2.45, 2.75) is 62.9 Å². The van der Waals surface area contributed by atoms with Gasteiger partial charge in [0.1, 0.15) is 11.6 Å². The summed E-state index contributed by atoms with van der Waals surface area (Å²) >= 11 is 0. The Morgan fingerprint density at radius 3 is 2.48 bits per heavy atom. The molecular formula is C23H31N3O5. The fourth-order valence-corrected chi connectivity index (χ4v) is 5.95. The maximum Gasteiger partial charge on any atom is 0.246 e. The third-order valence-electron chi connectivity index (χ3n) is 7.12. The molecule has 8 nitrogen and oxygen atoms in total. The van der Waals surface area contributed by atoms with Gasteiger partial charge in [0.05, 0.1) is 30.1 Å². The maximum absolute atomic E-state index is 13.9. The van der Waals surface area contributed by atoms with Gasteiger partial charge in [0, 0.05) is 13.1 Å². The molecule has 3 saturated heterocycles. The molecule has 0 radical (unpaired) electrons. The summed E-state index contributed by atoms with van der Waals surface area (Å²) in [7, 11) is 1.55. The minimum atomic E-state index is -1.09. The number of fused-ring (bicyclic) bond motifs is 1. The summed E-state index contributed by atoms with van der Waals surface area (Å²) < 4.78 is 6.49. The normalized spacial score (nSPS) is 34.7. The number of hydrogen-bond donors (Lipinski definition) is 3. The highest BCUT2D eigenvalue weighted by atomic mass is 16.5. The van der Waals surface area contributed by atoms with E-state index in [0.29, 0.717) is 12.8 Å². The second-order valence-corrected chi connectivity index (χ2v) is 9.36. The molecule has 2 unspecified atom stereocenters. The van der Waals surface area contributed by atoms with Crippen LogP contribution >= 0.6 is 0 Å². The van der Waals surface area contributed by atoms with E-state index in [1.165, 1.54) is 4.90 Å². The molecule has 168 valence electrons. The minimum Gasteiger partial charge on any atom is -0.394 e. The van der Waals surface area contributed by atoms with Crippen molar-refractivity contribution < 1.29 is 24.2 Å². The van der Waals surface area contributed by atoms with Gasteiger partial charge in [-0.2, -0.15) is 0 Å². The van der Waals surface area contributed by atoms with E-state index in [0.717, 1.165) is 5.56 Å². The van der Waals surface area contributed by atoms with Crippen molar-refractivity contribution in [3.8, 4) is 0 Å². The van der Waals surface area contributed by atoms with Gasteiger partial charge in [-0.05, 0) is 39.2 Å². The molecule has 3 heterocycles. The summed E-state index contributed by atoms with van der Waals surface area (Å²) in [5.41, 5.74) is -1.16. The van der Waals surface area contributed by atoms with Crippen LogP contribution in [0.3, 0.4) is 0 Å². The van der Waals surface area contributed by atoms with Crippen molar-refractivity contribution in [2.75, 3.05) is 13.7 Å². The monoisotopic (exact) mass is 429 g/mol. The van der Waals surface area contributed by atoms with E-state index in [1.54, 1.807) is 7.05 Å². The van der Waals surface area contributed by atoms with Gasteiger partial charge in [0.15, 0.2) is 0 Å². The minimum absolute atomic E-state index is 0.131. The number of aliphatic hydroxyl groups is 1. The molecule has 1 aromatic carbocycles. The van der Waals surface area contributed by atoms with Crippen LogP contribution < -0.4 is 10.6 Å². The summed E-state index contributed by atoms with van der Waals surface area (Å²) in [4.78, 5) is 41.7. The summed E-state index contributed by atoms with van der Waals surface area (Å²) in [6.45, 7) is 5.23. The molecule has 3 aliphatic rings. The summed E-state index contributed by atoms with van der Waals surface area (Å²) in [6.07, 6.45) is 1.09. The van der Waals surface area contributed by atoms with E-state index in [9.17, 15) is 19.5 Å². The van der Waals surface area contributed by atoms with E-state index in [-0.39, 0.29) is 30.4 Å².